The lowest BCUT2D eigenvalue weighted by atomic mass is 9.75. The maximum absolute atomic E-state index is 12.8. The zero-order valence-electron chi connectivity index (χ0n) is 12.2. The molecular weight excluding hydrogens is 305 g/mol. The van der Waals surface area contributed by atoms with Crippen LogP contribution >= 0.6 is 11.6 Å². The third-order valence-corrected chi connectivity index (χ3v) is 4.30. The smallest absolute Gasteiger partial charge is 0.358 e. The Hall–Kier alpha value is -1.08. The number of nitrogens with zero attached hydrogens (tertiary/aromatic N) is 4. The lowest BCUT2D eigenvalue weighted by molar-refractivity contribution is -0.141. The van der Waals surface area contributed by atoms with Crippen molar-refractivity contribution in [2.24, 2.45) is 0 Å². The van der Waals surface area contributed by atoms with E-state index in [1.165, 1.54) is 0 Å². The normalized spacial score (nSPS) is 17.7. The first-order valence-electron chi connectivity index (χ1n) is 6.64. The van der Waals surface area contributed by atoms with Gasteiger partial charge in [-0.2, -0.15) is 13.2 Å². The Morgan fingerprint density at radius 1 is 1.24 bits per heavy atom. The van der Waals surface area contributed by atoms with Gasteiger partial charge in [-0.3, -0.25) is 0 Å². The summed E-state index contributed by atoms with van der Waals surface area (Å²) < 4.78 is 38.3. The molecule has 8 heteroatoms. The van der Waals surface area contributed by atoms with Gasteiger partial charge >= 0.3 is 6.18 Å². The molecule has 0 N–H and O–H groups in total. The molecule has 1 fully saturated rings. The molecule has 0 atom stereocenters. The fraction of sp³-hybridized carbons (Fsp3) is 0.692. The molecule has 1 aromatic rings. The highest BCUT2D eigenvalue weighted by Gasteiger charge is 2.40. The van der Waals surface area contributed by atoms with E-state index in [1.54, 1.807) is 11.9 Å². The average Bonchev–Trinajstić information content (AvgIpc) is 2.31. The quantitative estimate of drug-likeness (QED) is 0.798. The first-order valence-corrected chi connectivity index (χ1v) is 7.02. The van der Waals surface area contributed by atoms with E-state index in [9.17, 15) is 13.2 Å². The van der Waals surface area contributed by atoms with E-state index >= 15 is 0 Å². The Kier molecular flexibility index (Phi) is 4.35. The van der Waals surface area contributed by atoms with Crippen LogP contribution in [0.4, 0.5) is 19.0 Å². The molecular formula is C13H18ClF3N4. The maximum Gasteiger partial charge on any atom is 0.433 e. The molecule has 0 radical (unpaired) electrons. The van der Waals surface area contributed by atoms with Crippen molar-refractivity contribution in [2.75, 3.05) is 32.6 Å². The molecule has 0 aliphatic heterocycles. The fourth-order valence-electron chi connectivity index (χ4n) is 2.60. The molecule has 21 heavy (non-hydrogen) atoms. The number of hydrogen-bond donors (Lipinski definition) is 0. The molecule has 4 nitrogen and oxygen atoms in total. The third-order valence-electron chi connectivity index (χ3n) is 4.13. The minimum Gasteiger partial charge on any atom is -0.358 e. The van der Waals surface area contributed by atoms with Gasteiger partial charge in [-0.25, -0.2) is 9.97 Å². The second-order valence-electron chi connectivity index (χ2n) is 5.71. The van der Waals surface area contributed by atoms with Crippen LogP contribution in [-0.2, 0) is 6.18 Å². The van der Waals surface area contributed by atoms with Crippen LogP contribution in [0.5, 0.6) is 0 Å². The molecule has 0 spiro atoms. The van der Waals surface area contributed by atoms with E-state index in [4.69, 9.17) is 11.6 Å². The number of halogens is 4. The van der Waals surface area contributed by atoms with Crippen LogP contribution in [0.2, 0.25) is 5.28 Å². The second-order valence-corrected chi connectivity index (χ2v) is 6.04. The summed E-state index contributed by atoms with van der Waals surface area (Å²) >= 11 is 5.62. The summed E-state index contributed by atoms with van der Waals surface area (Å²) in [6.07, 6.45) is -1.35. The molecule has 1 aliphatic rings. The zero-order valence-corrected chi connectivity index (χ0v) is 13.0. The summed E-state index contributed by atoms with van der Waals surface area (Å²) in [6.45, 7) is 0.602. The van der Waals surface area contributed by atoms with Gasteiger partial charge in [0.1, 0.15) is 5.82 Å². The Bertz CT molecular complexity index is 515. The highest BCUT2D eigenvalue weighted by Crippen LogP contribution is 2.38. The summed E-state index contributed by atoms with van der Waals surface area (Å²) in [7, 11) is 5.70. The van der Waals surface area contributed by atoms with Crippen LogP contribution in [0.25, 0.3) is 0 Å². The van der Waals surface area contributed by atoms with Gasteiger partial charge in [-0.1, -0.05) is 0 Å². The van der Waals surface area contributed by atoms with Gasteiger partial charge in [0.15, 0.2) is 5.69 Å². The van der Waals surface area contributed by atoms with E-state index in [0.717, 1.165) is 25.3 Å². The van der Waals surface area contributed by atoms with Crippen LogP contribution in [0.15, 0.2) is 6.07 Å². The first kappa shape index (κ1) is 16.3. The Labute approximate surface area is 126 Å². The summed E-state index contributed by atoms with van der Waals surface area (Å²) in [5, 5.41) is -0.390. The van der Waals surface area contributed by atoms with E-state index in [-0.39, 0.29) is 16.6 Å². The molecule has 0 aromatic carbocycles. The van der Waals surface area contributed by atoms with Crippen LogP contribution in [0.1, 0.15) is 25.0 Å². The SMILES string of the molecule is CN(CC1(N(C)C)CCC1)c1cc(C(F)(F)F)nc(Cl)n1. The van der Waals surface area contributed by atoms with Crippen molar-refractivity contribution in [1.29, 1.82) is 0 Å². The maximum atomic E-state index is 12.8. The van der Waals surface area contributed by atoms with E-state index in [1.807, 2.05) is 14.1 Å². The van der Waals surface area contributed by atoms with Crippen molar-refractivity contribution < 1.29 is 13.2 Å². The predicted octanol–water partition coefficient (Wildman–Crippen LogP) is 3.07. The molecule has 118 valence electrons. The monoisotopic (exact) mass is 322 g/mol. The Morgan fingerprint density at radius 3 is 2.29 bits per heavy atom. The topological polar surface area (TPSA) is 32.3 Å². The number of alkyl halides is 3. The van der Waals surface area contributed by atoms with Crippen molar-refractivity contribution in [3.8, 4) is 0 Å². The van der Waals surface area contributed by atoms with Gasteiger partial charge in [0.05, 0.1) is 0 Å². The first-order chi connectivity index (χ1) is 9.64. The van der Waals surface area contributed by atoms with E-state index in [2.05, 4.69) is 14.9 Å². The van der Waals surface area contributed by atoms with E-state index in [0.29, 0.717) is 6.54 Å². The number of anilines is 1. The number of hydrogen-bond acceptors (Lipinski definition) is 4. The molecule has 0 bridgehead atoms. The standard InChI is InChI=1S/C13H18ClF3N4/c1-20(2)12(5-4-6-12)8-21(3)10-7-9(13(15,16)17)18-11(14)19-10/h7H,4-6,8H2,1-3H3. The largest absolute Gasteiger partial charge is 0.433 e. The van der Waals surface area contributed by atoms with Crippen LogP contribution in [0, 0.1) is 0 Å². The fourth-order valence-corrected chi connectivity index (χ4v) is 2.78. The van der Waals surface area contributed by atoms with Gasteiger partial charge in [-0.15, -0.1) is 0 Å². The lowest BCUT2D eigenvalue weighted by Gasteiger charge is -2.49. The average molecular weight is 323 g/mol. The molecule has 0 saturated heterocycles. The second kappa shape index (κ2) is 5.61. The molecule has 2 rings (SSSR count). The highest BCUT2D eigenvalue weighted by atomic mass is 35.5. The third kappa shape index (κ3) is 3.40. The molecule has 1 heterocycles. The van der Waals surface area contributed by atoms with Gasteiger partial charge in [0, 0.05) is 25.2 Å². The van der Waals surface area contributed by atoms with Gasteiger partial charge < -0.3 is 9.80 Å². The highest BCUT2D eigenvalue weighted by molar-refractivity contribution is 6.28. The Morgan fingerprint density at radius 2 is 1.86 bits per heavy atom. The number of rotatable bonds is 4. The van der Waals surface area contributed by atoms with Gasteiger partial charge in [0.25, 0.3) is 0 Å². The minimum absolute atomic E-state index is 0.00935. The van der Waals surface area contributed by atoms with Crippen molar-refractivity contribution in [3.05, 3.63) is 17.0 Å². The predicted molar refractivity (Wildman–Crippen MR) is 75.6 cm³/mol. The Balaban J connectivity index is 2.23. The number of aromatic nitrogens is 2. The molecule has 1 aromatic heterocycles. The minimum atomic E-state index is -4.53. The molecule has 1 saturated carbocycles. The number of likely N-dealkylation sites (N-methyl/N-ethyl adjacent to an activating group) is 2. The zero-order chi connectivity index (χ0) is 15.8. The van der Waals surface area contributed by atoms with E-state index < -0.39 is 11.9 Å². The van der Waals surface area contributed by atoms with Crippen molar-refractivity contribution in [2.45, 2.75) is 31.0 Å². The van der Waals surface area contributed by atoms with Crippen LogP contribution in [0.3, 0.4) is 0 Å². The van der Waals surface area contributed by atoms with Crippen LogP contribution in [-0.4, -0.2) is 48.1 Å². The summed E-state index contributed by atoms with van der Waals surface area (Å²) in [4.78, 5) is 11.0. The summed E-state index contributed by atoms with van der Waals surface area (Å²) in [5.41, 5.74) is -1.03. The molecule has 0 amide bonds. The van der Waals surface area contributed by atoms with Crippen molar-refractivity contribution in [3.63, 3.8) is 0 Å². The van der Waals surface area contributed by atoms with Gasteiger partial charge in [-0.05, 0) is 45.0 Å². The lowest BCUT2D eigenvalue weighted by Crippen LogP contribution is -2.56. The van der Waals surface area contributed by atoms with Crippen molar-refractivity contribution >= 4 is 17.4 Å². The molecule has 0 unspecified atom stereocenters. The van der Waals surface area contributed by atoms with Crippen LogP contribution < -0.4 is 4.90 Å². The summed E-state index contributed by atoms with van der Waals surface area (Å²) in [5.74, 6) is 0.190. The van der Waals surface area contributed by atoms with Crippen molar-refractivity contribution in [1.82, 2.24) is 14.9 Å². The summed E-state index contributed by atoms with van der Waals surface area (Å²) in [6, 6.07) is 0.938. The molecule has 1 aliphatic carbocycles. The van der Waals surface area contributed by atoms with Gasteiger partial charge in [0.2, 0.25) is 5.28 Å².